The average molecular weight is 353 g/mol. The second-order valence-electron chi connectivity index (χ2n) is 4.75. The van der Waals surface area contributed by atoms with Gasteiger partial charge in [0.1, 0.15) is 39.9 Å². The molecular weight excluding hydrogens is 342 g/mol. The number of nitrogens with zero attached hydrogens (tertiary/aromatic N) is 5. The van der Waals surface area contributed by atoms with Crippen LogP contribution in [-0.4, -0.2) is 32.9 Å². The molecule has 3 heterocycles. The average Bonchev–Trinajstić information content (AvgIpc) is 2.97. The van der Waals surface area contributed by atoms with Gasteiger partial charge in [0, 0.05) is 12.3 Å². The molecule has 124 valence electrons. The lowest BCUT2D eigenvalue weighted by Crippen LogP contribution is -2.15. The summed E-state index contributed by atoms with van der Waals surface area (Å²) in [5.41, 5.74) is -0.275. The molecule has 25 heavy (non-hydrogen) atoms. The number of rotatable bonds is 4. The predicted octanol–water partition coefficient (Wildman–Crippen LogP) is 1.64. The van der Waals surface area contributed by atoms with Crippen LogP contribution < -0.4 is 15.6 Å². The highest BCUT2D eigenvalue weighted by molar-refractivity contribution is 7.98. The first-order valence-electron chi connectivity index (χ1n) is 6.93. The monoisotopic (exact) mass is 353 g/mol. The standard InChI is InChI=1S/C15H11N7O2S/c1-24-8-3-4-18-11(5-8)19-12-9(6-16)13-20-14(23)10(7-17)15(25-2)22(13)21-12/h3-5H,1-2H3,(H,20,23)(H,18,19,21). The number of methoxy groups -OCH3 is 1. The van der Waals surface area contributed by atoms with E-state index < -0.39 is 5.56 Å². The lowest BCUT2D eigenvalue weighted by Gasteiger charge is -2.04. The number of H-pyrrole nitrogens is 1. The molecule has 0 aliphatic carbocycles. The van der Waals surface area contributed by atoms with Crippen LogP contribution in [0.25, 0.3) is 5.65 Å². The van der Waals surface area contributed by atoms with Crippen molar-refractivity contribution in [1.82, 2.24) is 19.6 Å². The summed E-state index contributed by atoms with van der Waals surface area (Å²) < 4.78 is 6.50. The van der Waals surface area contributed by atoms with Crippen LogP contribution >= 0.6 is 11.8 Å². The fraction of sp³-hybridized carbons (Fsp3) is 0.133. The summed E-state index contributed by atoms with van der Waals surface area (Å²) >= 11 is 1.19. The number of fused-ring (bicyclic) bond motifs is 1. The van der Waals surface area contributed by atoms with E-state index in [2.05, 4.69) is 20.4 Å². The minimum absolute atomic E-state index is 0.0574. The molecule has 0 radical (unpaired) electrons. The number of hydrogen-bond donors (Lipinski definition) is 2. The highest BCUT2D eigenvalue weighted by Crippen LogP contribution is 2.26. The van der Waals surface area contributed by atoms with Gasteiger partial charge in [0.2, 0.25) is 0 Å². The van der Waals surface area contributed by atoms with Crippen molar-refractivity contribution in [3.63, 3.8) is 0 Å². The molecular formula is C15H11N7O2S. The number of aromatic nitrogens is 4. The van der Waals surface area contributed by atoms with Crippen molar-refractivity contribution in [3.05, 3.63) is 39.8 Å². The van der Waals surface area contributed by atoms with Crippen molar-refractivity contribution in [1.29, 1.82) is 10.5 Å². The number of pyridine rings is 1. The Morgan fingerprint density at radius 2 is 2.12 bits per heavy atom. The molecule has 0 aliphatic heterocycles. The zero-order valence-electron chi connectivity index (χ0n) is 13.2. The molecule has 0 unspecified atom stereocenters. The number of hydrogen-bond acceptors (Lipinski definition) is 8. The Hall–Kier alpha value is -3.50. The van der Waals surface area contributed by atoms with Crippen LogP contribution in [0.1, 0.15) is 11.1 Å². The topological polar surface area (TPSA) is 132 Å². The van der Waals surface area contributed by atoms with Crippen LogP contribution in [0.2, 0.25) is 0 Å². The van der Waals surface area contributed by atoms with Gasteiger partial charge in [-0.05, 0) is 12.3 Å². The summed E-state index contributed by atoms with van der Waals surface area (Å²) in [6.45, 7) is 0. The fourth-order valence-electron chi connectivity index (χ4n) is 2.26. The van der Waals surface area contributed by atoms with Crippen molar-refractivity contribution in [2.45, 2.75) is 5.03 Å². The number of aromatic amines is 1. The molecule has 0 fully saturated rings. The first kappa shape index (κ1) is 16.4. The normalized spacial score (nSPS) is 10.2. The van der Waals surface area contributed by atoms with Crippen LogP contribution in [0, 0.1) is 22.7 Å². The predicted molar refractivity (Wildman–Crippen MR) is 91.1 cm³/mol. The Morgan fingerprint density at radius 3 is 2.76 bits per heavy atom. The highest BCUT2D eigenvalue weighted by Gasteiger charge is 2.20. The largest absolute Gasteiger partial charge is 0.497 e. The smallest absolute Gasteiger partial charge is 0.270 e. The first-order valence-corrected chi connectivity index (χ1v) is 8.15. The number of thioether (sulfide) groups is 1. The summed E-state index contributed by atoms with van der Waals surface area (Å²) in [6.07, 6.45) is 3.27. The third-order valence-corrected chi connectivity index (χ3v) is 4.14. The molecule has 0 spiro atoms. The Morgan fingerprint density at radius 1 is 1.36 bits per heavy atom. The van der Waals surface area contributed by atoms with E-state index in [9.17, 15) is 15.3 Å². The summed E-state index contributed by atoms with van der Waals surface area (Å²) in [6, 6.07) is 7.20. The molecule has 0 saturated carbocycles. The minimum atomic E-state index is -0.568. The van der Waals surface area contributed by atoms with Crippen LogP contribution in [-0.2, 0) is 0 Å². The molecule has 0 amide bonds. The van der Waals surface area contributed by atoms with Gasteiger partial charge in [-0.2, -0.15) is 10.5 Å². The fourth-order valence-corrected chi connectivity index (χ4v) is 2.91. The Balaban J connectivity index is 2.21. The zero-order valence-corrected chi connectivity index (χ0v) is 14.0. The first-order chi connectivity index (χ1) is 12.1. The molecule has 3 aromatic rings. The maximum Gasteiger partial charge on any atom is 0.270 e. The number of nitrogens with one attached hydrogen (secondary N) is 2. The third kappa shape index (κ3) is 2.75. The lowest BCUT2D eigenvalue weighted by molar-refractivity contribution is 0.414. The molecule has 0 atom stereocenters. The summed E-state index contributed by atoms with van der Waals surface area (Å²) in [4.78, 5) is 18.7. The maximum absolute atomic E-state index is 12.1. The number of nitriles is 2. The van der Waals surface area contributed by atoms with Crippen LogP contribution in [0.3, 0.4) is 0 Å². The molecule has 10 heteroatoms. The van der Waals surface area contributed by atoms with Crippen molar-refractivity contribution in [2.75, 3.05) is 18.7 Å². The molecule has 0 saturated heterocycles. The van der Waals surface area contributed by atoms with Gasteiger partial charge in [0.05, 0.1) is 7.11 Å². The summed E-state index contributed by atoms with van der Waals surface area (Å²) in [7, 11) is 1.53. The lowest BCUT2D eigenvalue weighted by atomic mass is 10.3. The minimum Gasteiger partial charge on any atom is -0.497 e. The van der Waals surface area contributed by atoms with Gasteiger partial charge in [-0.25, -0.2) is 9.50 Å². The van der Waals surface area contributed by atoms with Crippen LogP contribution in [0.15, 0.2) is 28.2 Å². The van der Waals surface area contributed by atoms with Crippen molar-refractivity contribution in [2.24, 2.45) is 0 Å². The SMILES string of the molecule is COc1ccnc(Nc2nn3c(SC)c(C#N)c(=O)[nH]c3c2C#N)c1. The molecule has 9 nitrogen and oxygen atoms in total. The van der Waals surface area contributed by atoms with Crippen molar-refractivity contribution < 1.29 is 4.74 Å². The van der Waals surface area contributed by atoms with E-state index in [1.807, 2.05) is 12.1 Å². The van der Waals surface area contributed by atoms with E-state index in [1.54, 1.807) is 24.6 Å². The van der Waals surface area contributed by atoms with Crippen molar-refractivity contribution in [3.8, 4) is 17.9 Å². The Kier molecular flexibility index (Phi) is 4.29. The van der Waals surface area contributed by atoms with E-state index >= 15 is 0 Å². The maximum atomic E-state index is 12.1. The van der Waals surface area contributed by atoms with Gasteiger partial charge in [-0.3, -0.25) is 4.79 Å². The van der Waals surface area contributed by atoms with Gasteiger partial charge in [-0.15, -0.1) is 16.9 Å². The second-order valence-corrected chi connectivity index (χ2v) is 5.55. The summed E-state index contributed by atoms with van der Waals surface area (Å²) in [5.74, 6) is 1.22. The molecule has 3 aromatic heterocycles. The van der Waals surface area contributed by atoms with Gasteiger partial charge in [0.25, 0.3) is 5.56 Å². The van der Waals surface area contributed by atoms with Gasteiger partial charge in [0.15, 0.2) is 11.5 Å². The molecule has 0 bridgehead atoms. The molecule has 3 rings (SSSR count). The Labute approximate surface area is 145 Å². The Bertz CT molecular complexity index is 1100. The second kappa shape index (κ2) is 6.55. The van der Waals surface area contributed by atoms with E-state index in [1.165, 1.54) is 23.4 Å². The van der Waals surface area contributed by atoms with Gasteiger partial charge in [-0.1, -0.05) is 0 Å². The summed E-state index contributed by atoms with van der Waals surface area (Å²) in [5, 5.41) is 26.3. The van der Waals surface area contributed by atoms with Crippen LogP contribution in [0.4, 0.5) is 11.6 Å². The molecule has 2 N–H and O–H groups in total. The zero-order chi connectivity index (χ0) is 18.0. The molecule has 0 aliphatic rings. The highest BCUT2D eigenvalue weighted by atomic mass is 32.2. The van der Waals surface area contributed by atoms with Crippen molar-refractivity contribution >= 4 is 29.0 Å². The molecule has 0 aromatic carbocycles. The quantitative estimate of drug-likeness (QED) is 0.534. The van der Waals surface area contributed by atoms with E-state index in [-0.39, 0.29) is 22.6 Å². The number of anilines is 2. The van der Waals surface area contributed by atoms with E-state index in [0.717, 1.165) is 0 Å². The van der Waals surface area contributed by atoms with Gasteiger partial charge >= 0.3 is 0 Å². The van der Waals surface area contributed by atoms with Gasteiger partial charge < -0.3 is 15.0 Å². The van der Waals surface area contributed by atoms with E-state index in [0.29, 0.717) is 16.6 Å². The third-order valence-electron chi connectivity index (χ3n) is 3.38. The number of ether oxygens (including phenoxy) is 1. The van der Waals surface area contributed by atoms with E-state index in [4.69, 9.17) is 4.74 Å². The van der Waals surface area contributed by atoms with Crippen LogP contribution in [0.5, 0.6) is 5.75 Å².